The number of aryl methyl sites for hydroxylation is 1. The third kappa shape index (κ3) is 7.21. The number of nitrogens with zero attached hydrogens (tertiary/aromatic N) is 4. The van der Waals surface area contributed by atoms with Crippen LogP contribution >= 0.6 is 0 Å². The third-order valence-corrected chi connectivity index (χ3v) is 7.82. The largest absolute Gasteiger partial charge is 0.497 e. The molecule has 3 aromatic carbocycles. The number of ether oxygens (including phenoxy) is 3. The maximum atomic E-state index is 14.1. The second kappa shape index (κ2) is 13.8. The highest BCUT2D eigenvalue weighted by Gasteiger charge is 2.35. The van der Waals surface area contributed by atoms with Gasteiger partial charge >= 0.3 is 0 Å². The van der Waals surface area contributed by atoms with Crippen molar-refractivity contribution >= 4 is 17.5 Å². The highest BCUT2D eigenvalue weighted by molar-refractivity contribution is 6.05. The molecule has 2 heterocycles. The van der Waals surface area contributed by atoms with Crippen LogP contribution < -0.4 is 9.47 Å². The predicted molar refractivity (Wildman–Crippen MR) is 161 cm³/mol. The Balaban J connectivity index is 1.45. The Bertz CT molecular complexity index is 1470. The maximum Gasteiger partial charge on any atom is 0.262 e. The smallest absolute Gasteiger partial charge is 0.262 e. The van der Waals surface area contributed by atoms with Gasteiger partial charge in [0.15, 0.2) is 0 Å². The number of carbonyl (C=O) groups excluding carboxylic acids is 2. The molecule has 0 unspecified atom stereocenters. The van der Waals surface area contributed by atoms with Crippen LogP contribution in [0.25, 0.3) is 0 Å². The first-order valence-corrected chi connectivity index (χ1v) is 14.4. The lowest BCUT2D eigenvalue weighted by Crippen LogP contribution is -2.46. The number of halogens is 1. The van der Waals surface area contributed by atoms with Crippen LogP contribution in [-0.2, 0) is 9.53 Å². The molecule has 1 fully saturated rings. The van der Waals surface area contributed by atoms with E-state index in [4.69, 9.17) is 19.3 Å². The van der Waals surface area contributed by atoms with Gasteiger partial charge in [-0.05, 0) is 42.8 Å². The van der Waals surface area contributed by atoms with Crippen LogP contribution in [0.2, 0.25) is 0 Å². The maximum absolute atomic E-state index is 14.1. The minimum Gasteiger partial charge on any atom is -0.497 e. The van der Waals surface area contributed by atoms with E-state index < -0.39 is 11.7 Å². The van der Waals surface area contributed by atoms with Crippen molar-refractivity contribution in [2.75, 3.05) is 60.2 Å². The van der Waals surface area contributed by atoms with Crippen molar-refractivity contribution < 1.29 is 28.2 Å². The number of methoxy groups -OCH3 is 2. The molecule has 0 aliphatic carbocycles. The zero-order valence-electron chi connectivity index (χ0n) is 24.8. The van der Waals surface area contributed by atoms with Crippen LogP contribution in [0.1, 0.15) is 39.5 Å². The molecule has 2 aliphatic heterocycles. The molecule has 10 heteroatoms. The van der Waals surface area contributed by atoms with Gasteiger partial charge in [-0.25, -0.2) is 9.40 Å². The van der Waals surface area contributed by atoms with Gasteiger partial charge in [0.25, 0.3) is 11.8 Å². The molecule has 0 saturated carbocycles. The molecule has 226 valence electrons. The summed E-state index contributed by atoms with van der Waals surface area (Å²) in [4.78, 5) is 31.4. The zero-order chi connectivity index (χ0) is 30.3. The highest BCUT2D eigenvalue weighted by Crippen LogP contribution is 2.36. The standard InChI is InChI=1S/C33H37FN4O5/c1-23-7-9-24(10-8-23)30-21-29(28-12-11-27(41-2)20-31(28)42-3)35-38(30)32(39)22-37(14-13-36-15-17-43-18-16-36)33(40)25-5-4-6-26(34)19-25/h4-12,19-20,30H,13-18,21-22H2,1-3H3/t30-/m0/s1. The summed E-state index contributed by atoms with van der Waals surface area (Å²) in [7, 11) is 3.17. The first-order valence-electron chi connectivity index (χ1n) is 14.4. The molecule has 0 aromatic heterocycles. The number of hydrogen-bond donors (Lipinski definition) is 0. The quantitative estimate of drug-likeness (QED) is 0.351. The summed E-state index contributed by atoms with van der Waals surface area (Å²) in [5.41, 5.74) is 3.68. The molecule has 3 aromatic rings. The van der Waals surface area contributed by atoms with Crippen molar-refractivity contribution in [3.63, 3.8) is 0 Å². The molecule has 2 aliphatic rings. The molecule has 0 N–H and O–H groups in total. The van der Waals surface area contributed by atoms with E-state index in [1.54, 1.807) is 26.4 Å². The fourth-order valence-corrected chi connectivity index (χ4v) is 5.37. The van der Waals surface area contributed by atoms with E-state index in [-0.39, 0.29) is 24.1 Å². The molecule has 43 heavy (non-hydrogen) atoms. The Morgan fingerprint density at radius 2 is 1.79 bits per heavy atom. The first kappa shape index (κ1) is 30.2. The van der Waals surface area contributed by atoms with E-state index in [0.29, 0.717) is 49.9 Å². The molecule has 9 nitrogen and oxygen atoms in total. The van der Waals surface area contributed by atoms with E-state index in [1.807, 2.05) is 43.3 Å². The number of morpholine rings is 1. The van der Waals surface area contributed by atoms with E-state index in [0.717, 1.165) is 29.8 Å². The van der Waals surface area contributed by atoms with Crippen LogP contribution in [0.3, 0.4) is 0 Å². The van der Waals surface area contributed by atoms with Crippen LogP contribution in [0.15, 0.2) is 71.8 Å². The summed E-state index contributed by atoms with van der Waals surface area (Å²) in [5, 5.41) is 6.28. The Labute approximate surface area is 251 Å². The Hall–Kier alpha value is -4.28. The van der Waals surface area contributed by atoms with Gasteiger partial charge in [0.05, 0.1) is 39.2 Å². The number of amides is 2. The minimum atomic E-state index is -0.507. The SMILES string of the molecule is COc1ccc(C2=NN(C(=O)CN(CCN3CCOCC3)C(=O)c3cccc(F)c3)[C@H](c3ccc(C)cc3)C2)c(OC)c1. The lowest BCUT2D eigenvalue weighted by atomic mass is 9.97. The number of benzene rings is 3. The normalized spacial score (nSPS) is 17.0. The van der Waals surface area contributed by atoms with E-state index >= 15 is 0 Å². The summed E-state index contributed by atoms with van der Waals surface area (Å²) < 4.78 is 30.5. The van der Waals surface area contributed by atoms with Crippen molar-refractivity contribution in [3.8, 4) is 11.5 Å². The van der Waals surface area contributed by atoms with E-state index in [9.17, 15) is 14.0 Å². The average molecular weight is 589 g/mol. The molecule has 0 spiro atoms. The third-order valence-electron chi connectivity index (χ3n) is 7.82. The lowest BCUT2D eigenvalue weighted by molar-refractivity contribution is -0.133. The molecule has 5 rings (SSSR count). The second-order valence-corrected chi connectivity index (χ2v) is 10.7. The molecule has 1 atom stereocenters. The van der Waals surface area contributed by atoms with Crippen molar-refractivity contribution in [1.82, 2.24) is 14.8 Å². The van der Waals surface area contributed by atoms with Gasteiger partial charge in [-0.3, -0.25) is 14.5 Å². The minimum absolute atomic E-state index is 0.193. The lowest BCUT2D eigenvalue weighted by Gasteiger charge is -2.31. The highest BCUT2D eigenvalue weighted by atomic mass is 19.1. The number of carbonyl (C=O) groups is 2. The van der Waals surface area contributed by atoms with Crippen LogP contribution in [0.4, 0.5) is 4.39 Å². The molecule has 1 saturated heterocycles. The Morgan fingerprint density at radius 1 is 1.02 bits per heavy atom. The number of hydrogen-bond acceptors (Lipinski definition) is 7. The second-order valence-electron chi connectivity index (χ2n) is 10.7. The van der Waals surface area contributed by atoms with Crippen LogP contribution in [0.5, 0.6) is 11.5 Å². The van der Waals surface area contributed by atoms with E-state index in [1.165, 1.54) is 28.1 Å². The van der Waals surface area contributed by atoms with Crippen molar-refractivity contribution in [3.05, 3.63) is 94.8 Å². The van der Waals surface area contributed by atoms with E-state index in [2.05, 4.69) is 4.90 Å². The zero-order valence-corrected chi connectivity index (χ0v) is 24.8. The van der Waals surface area contributed by atoms with Gasteiger partial charge in [-0.2, -0.15) is 5.10 Å². The summed E-state index contributed by atoms with van der Waals surface area (Å²) in [6, 6.07) is 18.7. The monoisotopic (exact) mass is 588 g/mol. The predicted octanol–water partition coefficient (Wildman–Crippen LogP) is 4.30. The fourth-order valence-electron chi connectivity index (χ4n) is 5.37. The van der Waals surface area contributed by atoms with Crippen molar-refractivity contribution in [2.45, 2.75) is 19.4 Å². The first-order chi connectivity index (χ1) is 20.9. The van der Waals surface area contributed by atoms with Crippen LogP contribution in [0, 0.1) is 12.7 Å². The van der Waals surface area contributed by atoms with Gasteiger partial charge in [0, 0.05) is 49.8 Å². The van der Waals surface area contributed by atoms with Gasteiger partial charge in [-0.15, -0.1) is 0 Å². The molecule has 0 bridgehead atoms. The summed E-state index contributed by atoms with van der Waals surface area (Å²) >= 11 is 0. The summed E-state index contributed by atoms with van der Waals surface area (Å²) in [6.07, 6.45) is 0.461. The van der Waals surface area contributed by atoms with Gasteiger partial charge in [0.1, 0.15) is 23.9 Å². The summed E-state index contributed by atoms with van der Waals surface area (Å²) in [5.74, 6) is -0.0163. The Morgan fingerprint density at radius 3 is 2.49 bits per heavy atom. The molecule has 2 amide bonds. The topological polar surface area (TPSA) is 83.9 Å². The fraction of sp³-hybridized carbons (Fsp3) is 0.364. The molecular weight excluding hydrogens is 551 g/mol. The van der Waals surface area contributed by atoms with Crippen molar-refractivity contribution in [2.24, 2.45) is 5.10 Å². The number of hydrazone groups is 1. The summed E-state index contributed by atoms with van der Waals surface area (Å²) in [6.45, 7) is 5.39. The Kier molecular flexibility index (Phi) is 9.68. The molecule has 0 radical (unpaired) electrons. The number of rotatable bonds is 10. The van der Waals surface area contributed by atoms with Crippen molar-refractivity contribution in [1.29, 1.82) is 0 Å². The van der Waals surface area contributed by atoms with Gasteiger partial charge in [-0.1, -0.05) is 35.9 Å². The molecular formula is C33H37FN4O5. The average Bonchev–Trinajstić information content (AvgIpc) is 3.48. The van der Waals surface area contributed by atoms with Gasteiger partial charge < -0.3 is 19.1 Å². The van der Waals surface area contributed by atoms with Gasteiger partial charge in [0.2, 0.25) is 0 Å². The van der Waals surface area contributed by atoms with Crippen LogP contribution in [-0.4, -0.2) is 92.5 Å².